The topological polar surface area (TPSA) is 16.6 Å². The number of unbranched alkanes of at least 4 members (excludes halogenated alkanes) is 1. The lowest BCUT2D eigenvalue weighted by atomic mass is 9.87. The maximum absolute atomic E-state index is 3.85. The molecule has 1 aliphatic rings. The van der Waals surface area contributed by atoms with Gasteiger partial charge in [-0.2, -0.15) is 0 Å². The van der Waals surface area contributed by atoms with Crippen molar-refractivity contribution in [1.29, 1.82) is 0 Å². The van der Waals surface area contributed by atoms with Gasteiger partial charge in [0.1, 0.15) is 6.54 Å². The van der Waals surface area contributed by atoms with Gasteiger partial charge in [-0.05, 0) is 42.1 Å². The molecule has 0 aromatic heterocycles. The van der Waals surface area contributed by atoms with Crippen LogP contribution in [0.15, 0.2) is 49.1 Å². The Kier molecular flexibility index (Phi) is 6.02. The van der Waals surface area contributed by atoms with E-state index < -0.39 is 0 Å². The van der Waals surface area contributed by atoms with Crippen molar-refractivity contribution in [2.75, 3.05) is 6.54 Å². The molecule has 120 valence electrons. The van der Waals surface area contributed by atoms with Crippen LogP contribution in [0.25, 0.3) is 0 Å². The van der Waals surface area contributed by atoms with E-state index in [1.54, 1.807) is 0 Å². The molecule has 1 aliphatic carbocycles. The minimum Gasteiger partial charge on any atom is -0.342 e. The highest BCUT2D eigenvalue weighted by molar-refractivity contribution is 5.26. The van der Waals surface area contributed by atoms with Crippen LogP contribution in [0.4, 0.5) is 0 Å². The quantitative estimate of drug-likeness (QED) is 0.547. The lowest BCUT2D eigenvalue weighted by Gasteiger charge is -2.18. The Labute approximate surface area is 136 Å². The average Bonchev–Trinajstić information content (AvgIpc) is 3.24. The molecule has 1 aromatic rings. The summed E-state index contributed by atoms with van der Waals surface area (Å²) in [6.07, 6.45) is 10.6. The van der Waals surface area contributed by atoms with Gasteiger partial charge in [-0.25, -0.2) is 0 Å². The molecule has 0 bridgehead atoms. The predicted octanol–water partition coefficient (Wildman–Crippen LogP) is 4.21. The number of hydrogen-bond donors (Lipinski definition) is 1. The highest BCUT2D eigenvalue weighted by Gasteiger charge is 2.31. The molecule has 0 heterocycles. The molecule has 1 saturated carbocycles. The fourth-order valence-electron chi connectivity index (χ4n) is 2.79. The third-order valence-corrected chi connectivity index (χ3v) is 4.56. The van der Waals surface area contributed by atoms with E-state index in [2.05, 4.69) is 75.2 Å². The van der Waals surface area contributed by atoms with Crippen LogP contribution in [0.2, 0.25) is 0 Å². The van der Waals surface area contributed by atoms with Gasteiger partial charge in [0.2, 0.25) is 0 Å². The Morgan fingerprint density at radius 2 is 1.91 bits per heavy atom. The van der Waals surface area contributed by atoms with Crippen molar-refractivity contribution < 1.29 is 5.32 Å². The van der Waals surface area contributed by atoms with Gasteiger partial charge in [-0.1, -0.05) is 63.3 Å². The minimum atomic E-state index is 0.251. The van der Waals surface area contributed by atoms with E-state index in [9.17, 15) is 0 Å². The van der Waals surface area contributed by atoms with Crippen LogP contribution in [-0.4, -0.2) is 6.54 Å². The fourth-order valence-corrected chi connectivity index (χ4v) is 2.79. The van der Waals surface area contributed by atoms with E-state index in [4.69, 9.17) is 0 Å². The monoisotopic (exact) mass is 298 g/mol. The van der Waals surface area contributed by atoms with Crippen molar-refractivity contribution in [3.63, 3.8) is 0 Å². The molecule has 2 rings (SSSR count). The van der Waals surface area contributed by atoms with E-state index in [0.717, 1.165) is 18.4 Å². The van der Waals surface area contributed by atoms with Gasteiger partial charge in [0, 0.05) is 5.56 Å². The maximum atomic E-state index is 3.85. The summed E-state index contributed by atoms with van der Waals surface area (Å²) in [5, 5.41) is 2.42. The molecule has 2 atom stereocenters. The lowest BCUT2D eigenvalue weighted by molar-refractivity contribution is -0.670. The SMILES string of the molecule is C=C[C@@H]1C[C@@H]1/C=C\CCC[NH2+]Cc1ccc(C(C)(C)C)cc1. The Bertz CT molecular complexity index is 490. The molecule has 0 saturated heterocycles. The van der Waals surface area contributed by atoms with Crippen LogP contribution < -0.4 is 5.32 Å². The van der Waals surface area contributed by atoms with Gasteiger partial charge in [0.15, 0.2) is 0 Å². The van der Waals surface area contributed by atoms with Gasteiger partial charge in [-0.3, -0.25) is 0 Å². The number of quaternary nitrogens is 1. The molecule has 0 spiro atoms. The standard InChI is InChI=1S/C21H31N/c1-5-18-15-19(18)9-7-6-8-14-22-16-17-10-12-20(13-11-17)21(2,3)4/h5,7,9-13,18-19,22H,1,6,8,14-16H2,2-4H3/p+1/b9-7-/t18-,19+/m1/s1. The molecule has 0 aliphatic heterocycles. The van der Waals surface area contributed by atoms with Gasteiger partial charge < -0.3 is 5.32 Å². The van der Waals surface area contributed by atoms with Gasteiger partial charge >= 0.3 is 0 Å². The fraction of sp³-hybridized carbons (Fsp3) is 0.524. The molecule has 1 heteroatoms. The third kappa shape index (κ3) is 5.46. The normalized spacial score (nSPS) is 21.2. The predicted molar refractivity (Wildman–Crippen MR) is 95.8 cm³/mol. The molecule has 1 aromatic carbocycles. The van der Waals surface area contributed by atoms with Crippen molar-refractivity contribution in [2.24, 2.45) is 11.8 Å². The minimum absolute atomic E-state index is 0.251. The van der Waals surface area contributed by atoms with Crippen LogP contribution in [0, 0.1) is 11.8 Å². The first-order chi connectivity index (χ1) is 10.5. The van der Waals surface area contributed by atoms with Crippen LogP contribution in [-0.2, 0) is 12.0 Å². The zero-order chi connectivity index (χ0) is 16.0. The Morgan fingerprint density at radius 1 is 1.18 bits per heavy atom. The van der Waals surface area contributed by atoms with Crippen LogP contribution in [0.5, 0.6) is 0 Å². The molecule has 0 amide bonds. The molecule has 1 nitrogen and oxygen atoms in total. The highest BCUT2D eigenvalue weighted by atomic mass is 14.8. The first kappa shape index (κ1) is 17.0. The second kappa shape index (κ2) is 7.78. The highest BCUT2D eigenvalue weighted by Crippen LogP contribution is 2.40. The second-order valence-corrected chi connectivity index (χ2v) is 7.60. The third-order valence-electron chi connectivity index (χ3n) is 4.56. The van der Waals surface area contributed by atoms with Gasteiger partial charge in [-0.15, -0.1) is 6.58 Å². The largest absolute Gasteiger partial charge is 0.342 e. The Balaban J connectivity index is 1.58. The summed E-state index contributed by atoms with van der Waals surface area (Å²) in [4.78, 5) is 0. The van der Waals surface area contributed by atoms with E-state index in [0.29, 0.717) is 0 Å². The first-order valence-corrected chi connectivity index (χ1v) is 8.71. The molecule has 0 radical (unpaired) electrons. The smallest absolute Gasteiger partial charge is 0.101 e. The zero-order valence-corrected chi connectivity index (χ0v) is 14.5. The Morgan fingerprint density at radius 3 is 2.50 bits per heavy atom. The summed E-state index contributed by atoms with van der Waals surface area (Å²) in [5.41, 5.74) is 3.09. The Hall–Kier alpha value is -1.34. The number of hydrogen-bond acceptors (Lipinski definition) is 0. The molecule has 22 heavy (non-hydrogen) atoms. The van der Waals surface area contributed by atoms with Gasteiger partial charge in [0.05, 0.1) is 6.54 Å². The zero-order valence-electron chi connectivity index (χ0n) is 14.5. The molecule has 2 N–H and O–H groups in total. The van der Waals surface area contributed by atoms with Crippen molar-refractivity contribution in [1.82, 2.24) is 0 Å². The van der Waals surface area contributed by atoms with Crippen molar-refractivity contribution in [3.8, 4) is 0 Å². The number of nitrogens with two attached hydrogens (primary N) is 1. The van der Waals surface area contributed by atoms with E-state index in [1.165, 1.54) is 36.9 Å². The van der Waals surface area contributed by atoms with Crippen LogP contribution in [0.1, 0.15) is 51.2 Å². The van der Waals surface area contributed by atoms with E-state index in [1.807, 2.05) is 0 Å². The number of rotatable bonds is 8. The summed E-state index contributed by atoms with van der Waals surface area (Å²) in [5.74, 6) is 1.56. The summed E-state index contributed by atoms with van der Waals surface area (Å²) < 4.78 is 0. The van der Waals surface area contributed by atoms with Gasteiger partial charge in [0.25, 0.3) is 0 Å². The summed E-state index contributed by atoms with van der Waals surface area (Å²) in [6, 6.07) is 9.11. The maximum Gasteiger partial charge on any atom is 0.101 e. The van der Waals surface area contributed by atoms with Crippen LogP contribution >= 0.6 is 0 Å². The van der Waals surface area contributed by atoms with Crippen molar-refractivity contribution in [3.05, 3.63) is 60.2 Å². The number of allylic oxidation sites excluding steroid dienone is 3. The molecule has 0 unspecified atom stereocenters. The lowest BCUT2D eigenvalue weighted by Crippen LogP contribution is -2.82. The average molecular weight is 298 g/mol. The second-order valence-electron chi connectivity index (χ2n) is 7.60. The van der Waals surface area contributed by atoms with Crippen molar-refractivity contribution >= 4 is 0 Å². The summed E-state index contributed by atoms with van der Waals surface area (Å²) >= 11 is 0. The molecule has 1 fully saturated rings. The molecular weight excluding hydrogens is 266 g/mol. The van der Waals surface area contributed by atoms with E-state index >= 15 is 0 Å². The summed E-state index contributed by atoms with van der Waals surface area (Å²) in [6.45, 7) is 12.9. The summed E-state index contributed by atoms with van der Waals surface area (Å²) in [7, 11) is 0. The van der Waals surface area contributed by atoms with Crippen LogP contribution in [0.3, 0.4) is 0 Å². The van der Waals surface area contributed by atoms with Crippen molar-refractivity contribution in [2.45, 2.75) is 52.0 Å². The van der Waals surface area contributed by atoms with E-state index in [-0.39, 0.29) is 5.41 Å². The molecular formula is C21H32N+. The number of benzene rings is 1. The first-order valence-electron chi connectivity index (χ1n) is 8.71.